The molecule has 2 rings (SSSR count). The molecule has 0 aliphatic rings. The number of hydrogen-bond donors (Lipinski definition) is 1. The summed E-state index contributed by atoms with van der Waals surface area (Å²) in [5.74, 6) is 0. The molecule has 1 aromatic carbocycles. The summed E-state index contributed by atoms with van der Waals surface area (Å²) >= 11 is 12.2. The van der Waals surface area contributed by atoms with E-state index in [1.54, 1.807) is 6.26 Å². The fourth-order valence-corrected chi connectivity index (χ4v) is 2.44. The third-order valence-electron chi connectivity index (χ3n) is 2.85. The predicted octanol–water partition coefficient (Wildman–Crippen LogP) is 4.48. The Bertz CT molecular complexity index is 510. The lowest BCUT2D eigenvalue weighted by molar-refractivity contribution is 0.526. The molecule has 0 bridgehead atoms. The number of likely N-dealkylation sites (N-methyl/N-ethyl adjacent to an activating group) is 1. The smallest absolute Gasteiger partial charge is 0.197 e. The van der Waals surface area contributed by atoms with Crippen LogP contribution in [0.5, 0.6) is 0 Å². The zero-order valence-electron chi connectivity index (χ0n) is 10.1. The number of halogens is 2. The SMILES string of the molecule is CCNC(Cc1ccccc1Cl)c1ccoc1Cl. The number of rotatable bonds is 5. The van der Waals surface area contributed by atoms with Gasteiger partial charge < -0.3 is 9.73 Å². The maximum atomic E-state index is 6.19. The van der Waals surface area contributed by atoms with Gasteiger partial charge in [0.1, 0.15) is 0 Å². The molecule has 4 heteroatoms. The molecule has 0 aliphatic heterocycles. The molecule has 0 saturated carbocycles. The lowest BCUT2D eigenvalue weighted by Gasteiger charge is -2.17. The Hall–Kier alpha value is -0.960. The van der Waals surface area contributed by atoms with Gasteiger partial charge in [0, 0.05) is 16.6 Å². The van der Waals surface area contributed by atoms with Crippen LogP contribution in [0.25, 0.3) is 0 Å². The Morgan fingerprint density at radius 2 is 2.00 bits per heavy atom. The largest absolute Gasteiger partial charge is 0.453 e. The van der Waals surface area contributed by atoms with Gasteiger partial charge in [-0.2, -0.15) is 0 Å². The summed E-state index contributed by atoms with van der Waals surface area (Å²) in [6.45, 7) is 2.92. The zero-order valence-corrected chi connectivity index (χ0v) is 11.6. The van der Waals surface area contributed by atoms with Crippen molar-refractivity contribution in [1.82, 2.24) is 5.32 Å². The fraction of sp³-hybridized carbons (Fsp3) is 0.286. The molecule has 0 spiro atoms. The molecule has 0 fully saturated rings. The minimum atomic E-state index is 0.112. The molecular formula is C14H15Cl2NO. The number of hydrogen-bond acceptors (Lipinski definition) is 2. The first-order valence-corrected chi connectivity index (χ1v) is 6.67. The van der Waals surface area contributed by atoms with Crippen molar-refractivity contribution in [1.29, 1.82) is 0 Å². The fourth-order valence-electron chi connectivity index (χ4n) is 1.98. The molecule has 0 radical (unpaired) electrons. The summed E-state index contributed by atoms with van der Waals surface area (Å²) in [4.78, 5) is 0. The maximum Gasteiger partial charge on any atom is 0.197 e. The third-order valence-corrected chi connectivity index (χ3v) is 3.53. The van der Waals surface area contributed by atoms with Gasteiger partial charge in [-0.3, -0.25) is 0 Å². The third kappa shape index (κ3) is 3.08. The average molecular weight is 284 g/mol. The van der Waals surface area contributed by atoms with Crippen molar-refractivity contribution in [3.63, 3.8) is 0 Å². The van der Waals surface area contributed by atoms with Crippen molar-refractivity contribution in [2.75, 3.05) is 6.54 Å². The van der Waals surface area contributed by atoms with Gasteiger partial charge in [-0.05, 0) is 42.3 Å². The van der Waals surface area contributed by atoms with E-state index >= 15 is 0 Å². The summed E-state index contributed by atoms with van der Waals surface area (Å²) in [5.41, 5.74) is 2.07. The summed E-state index contributed by atoms with van der Waals surface area (Å²) in [6.07, 6.45) is 2.39. The van der Waals surface area contributed by atoms with Crippen LogP contribution >= 0.6 is 23.2 Å². The van der Waals surface area contributed by atoms with Crippen LogP contribution in [0, 0.1) is 0 Å². The lowest BCUT2D eigenvalue weighted by Crippen LogP contribution is -2.22. The quantitative estimate of drug-likeness (QED) is 0.875. The van der Waals surface area contributed by atoms with E-state index in [9.17, 15) is 0 Å². The van der Waals surface area contributed by atoms with Crippen molar-refractivity contribution in [2.45, 2.75) is 19.4 Å². The lowest BCUT2D eigenvalue weighted by atomic mass is 10.0. The van der Waals surface area contributed by atoms with Crippen molar-refractivity contribution in [3.05, 3.63) is 58.0 Å². The van der Waals surface area contributed by atoms with Crippen molar-refractivity contribution in [3.8, 4) is 0 Å². The number of furan rings is 1. The highest BCUT2D eigenvalue weighted by atomic mass is 35.5. The first-order valence-electron chi connectivity index (χ1n) is 5.92. The van der Waals surface area contributed by atoms with Crippen LogP contribution in [0.2, 0.25) is 10.2 Å². The number of benzene rings is 1. The Labute approximate surface area is 117 Å². The molecule has 0 aliphatic carbocycles. The topological polar surface area (TPSA) is 25.2 Å². The Balaban J connectivity index is 2.22. The molecule has 0 amide bonds. The van der Waals surface area contributed by atoms with Gasteiger partial charge >= 0.3 is 0 Å². The van der Waals surface area contributed by atoms with Gasteiger partial charge in [0.2, 0.25) is 0 Å². The van der Waals surface area contributed by atoms with Crippen LogP contribution in [0.1, 0.15) is 24.1 Å². The van der Waals surface area contributed by atoms with Gasteiger partial charge in [-0.15, -0.1) is 0 Å². The molecule has 1 unspecified atom stereocenters. The van der Waals surface area contributed by atoms with Crippen molar-refractivity contribution in [2.24, 2.45) is 0 Å². The maximum absolute atomic E-state index is 6.19. The summed E-state index contributed by atoms with van der Waals surface area (Å²) in [6, 6.07) is 9.85. The van der Waals surface area contributed by atoms with Crippen LogP contribution in [0.15, 0.2) is 41.0 Å². The molecule has 1 heterocycles. The highest BCUT2D eigenvalue weighted by Gasteiger charge is 2.17. The molecule has 96 valence electrons. The van der Waals surface area contributed by atoms with E-state index in [1.807, 2.05) is 30.3 Å². The predicted molar refractivity (Wildman–Crippen MR) is 75.3 cm³/mol. The van der Waals surface area contributed by atoms with Crippen molar-refractivity contribution >= 4 is 23.2 Å². The molecule has 18 heavy (non-hydrogen) atoms. The highest BCUT2D eigenvalue weighted by molar-refractivity contribution is 6.31. The summed E-state index contributed by atoms with van der Waals surface area (Å²) in [5, 5.41) is 4.61. The molecule has 2 nitrogen and oxygen atoms in total. The van der Waals surface area contributed by atoms with Gasteiger partial charge in [0.15, 0.2) is 5.22 Å². The van der Waals surface area contributed by atoms with Gasteiger partial charge in [-0.25, -0.2) is 0 Å². The Morgan fingerprint density at radius 1 is 1.22 bits per heavy atom. The second-order valence-corrected chi connectivity index (χ2v) is 4.81. The normalized spacial score (nSPS) is 12.6. The van der Waals surface area contributed by atoms with Gasteiger partial charge in [-0.1, -0.05) is 36.7 Å². The first kappa shape index (κ1) is 13.5. The molecular weight excluding hydrogens is 269 g/mol. The summed E-state index contributed by atoms with van der Waals surface area (Å²) < 4.78 is 5.15. The average Bonchev–Trinajstić information content (AvgIpc) is 2.78. The van der Waals surface area contributed by atoms with Gasteiger partial charge in [0.05, 0.1) is 6.26 Å². The van der Waals surface area contributed by atoms with E-state index in [-0.39, 0.29) is 6.04 Å². The molecule has 2 aromatic rings. The van der Waals surface area contributed by atoms with Crippen LogP contribution < -0.4 is 5.32 Å². The second kappa shape index (κ2) is 6.28. The first-order chi connectivity index (χ1) is 8.72. The number of nitrogens with one attached hydrogen (secondary N) is 1. The van der Waals surface area contributed by atoms with E-state index in [2.05, 4.69) is 12.2 Å². The minimum Gasteiger partial charge on any atom is -0.453 e. The monoisotopic (exact) mass is 283 g/mol. The minimum absolute atomic E-state index is 0.112. The van der Waals surface area contributed by atoms with Crippen molar-refractivity contribution < 1.29 is 4.42 Å². The molecule has 1 aromatic heterocycles. The van der Waals surface area contributed by atoms with E-state index in [0.717, 1.165) is 29.1 Å². The Kier molecular flexibility index (Phi) is 4.70. The second-order valence-electron chi connectivity index (χ2n) is 4.06. The Morgan fingerprint density at radius 3 is 2.61 bits per heavy atom. The van der Waals surface area contributed by atoms with E-state index in [1.165, 1.54) is 0 Å². The molecule has 1 N–H and O–H groups in total. The van der Waals surface area contributed by atoms with E-state index in [0.29, 0.717) is 5.22 Å². The molecule has 0 saturated heterocycles. The van der Waals surface area contributed by atoms with Crippen LogP contribution in [-0.4, -0.2) is 6.54 Å². The standard InChI is InChI=1S/C14H15Cl2NO/c1-2-17-13(11-7-8-18-14(11)16)9-10-5-3-4-6-12(10)15/h3-8,13,17H,2,9H2,1H3. The highest BCUT2D eigenvalue weighted by Crippen LogP contribution is 2.28. The van der Waals surface area contributed by atoms with E-state index in [4.69, 9.17) is 27.6 Å². The van der Waals surface area contributed by atoms with Crippen LogP contribution in [0.4, 0.5) is 0 Å². The zero-order chi connectivity index (χ0) is 13.0. The van der Waals surface area contributed by atoms with E-state index < -0.39 is 0 Å². The summed E-state index contributed by atoms with van der Waals surface area (Å²) in [7, 11) is 0. The van der Waals surface area contributed by atoms with Crippen LogP contribution in [0.3, 0.4) is 0 Å². The molecule has 1 atom stereocenters. The van der Waals surface area contributed by atoms with Crippen LogP contribution in [-0.2, 0) is 6.42 Å². The van der Waals surface area contributed by atoms with Gasteiger partial charge in [0.25, 0.3) is 0 Å².